The molecule has 0 aliphatic rings. The van der Waals surface area contributed by atoms with Crippen LogP contribution in [-0.2, 0) is 44.3 Å². The molecule has 0 aromatic rings. The first-order valence-corrected chi connectivity index (χ1v) is 16.9. The molecule has 0 saturated carbocycles. The third-order valence-corrected chi connectivity index (χ3v) is 6.26. The number of unbranched alkanes of at least 4 members (excludes halogenated alkanes) is 15. The zero-order chi connectivity index (χ0) is 27.7. The first-order chi connectivity index (χ1) is 17.3. The predicted molar refractivity (Wildman–Crippen MR) is 141 cm³/mol. The topological polar surface area (TPSA) is 148 Å². The van der Waals surface area contributed by atoms with Crippen molar-refractivity contribution in [3.05, 3.63) is 0 Å². The van der Waals surface area contributed by atoms with Gasteiger partial charge in [-0.15, -0.1) is 13.6 Å². The molecule has 0 saturated heterocycles. The Kier molecular flexibility index (Phi) is 49.5. The van der Waals surface area contributed by atoms with Crippen LogP contribution in [0.2, 0.25) is 0 Å². The van der Waals surface area contributed by atoms with E-state index in [2.05, 4.69) is 34.3 Å². The summed E-state index contributed by atoms with van der Waals surface area (Å²) in [4.78, 5) is 29.8. The van der Waals surface area contributed by atoms with Gasteiger partial charge in [0, 0.05) is 0 Å². The average Bonchev–Trinajstić information content (AvgIpc) is 2.83. The van der Waals surface area contributed by atoms with Crippen LogP contribution in [-0.4, -0.2) is 19.8 Å². The van der Waals surface area contributed by atoms with Crippen molar-refractivity contribution in [2.45, 2.75) is 136 Å². The van der Waals surface area contributed by atoms with Crippen LogP contribution in [0.25, 0.3) is 0 Å². The van der Waals surface area contributed by atoms with Gasteiger partial charge in [-0.2, -0.15) is 0 Å². The summed E-state index contributed by atoms with van der Waals surface area (Å²) in [6.07, 6.45) is 20.6. The molecule has 3 unspecified atom stereocenters. The molecule has 0 N–H and O–H groups in total. The Hall–Kier alpha value is 0.579. The van der Waals surface area contributed by atoms with Gasteiger partial charge in [-0.1, -0.05) is 117 Å². The van der Waals surface area contributed by atoms with Gasteiger partial charge in [0.1, 0.15) is 19.8 Å². The molecule has 0 aromatic heterocycles. The van der Waals surface area contributed by atoms with Crippen LogP contribution in [0.3, 0.4) is 0 Å². The van der Waals surface area contributed by atoms with E-state index in [9.17, 15) is 28.4 Å². The predicted octanol–water partition coefficient (Wildman–Crippen LogP) is 7.14. The van der Waals surface area contributed by atoms with Crippen molar-refractivity contribution in [3.8, 4) is 0 Å². The molecule has 221 valence electrons. The minimum absolute atomic E-state index is 0. The zero-order valence-electron chi connectivity index (χ0n) is 23.2. The maximum absolute atomic E-state index is 9.95. The fourth-order valence-electron chi connectivity index (χ4n) is 3.06. The fourth-order valence-corrected chi connectivity index (χ4v) is 3.90. The Morgan fingerprint density at radius 2 is 0.595 bits per heavy atom. The summed E-state index contributed by atoms with van der Waals surface area (Å²) in [6.45, 7) is 7.57. The summed E-state index contributed by atoms with van der Waals surface area (Å²) in [5, 5.41) is 0. The van der Waals surface area contributed by atoms with Crippen molar-refractivity contribution < 1.29 is 59.0 Å². The molecule has 0 aliphatic carbocycles. The van der Waals surface area contributed by atoms with Crippen molar-refractivity contribution in [2.75, 3.05) is 19.8 Å². The first-order valence-electron chi connectivity index (χ1n) is 13.6. The van der Waals surface area contributed by atoms with Crippen LogP contribution in [0.5, 0.6) is 0 Å². The minimum atomic E-state index is -2.63. The van der Waals surface area contributed by atoms with Gasteiger partial charge in [-0.05, 0) is 33.0 Å². The van der Waals surface area contributed by atoms with E-state index >= 15 is 0 Å². The van der Waals surface area contributed by atoms with E-state index in [1.807, 2.05) is 0 Å². The Labute approximate surface area is 239 Å². The molecule has 1 radical (unpaired) electrons. The van der Waals surface area contributed by atoms with Gasteiger partial charge >= 0.3 is 41.8 Å². The van der Waals surface area contributed by atoms with E-state index in [1.165, 1.54) is 77.0 Å². The van der Waals surface area contributed by atoms with Gasteiger partial charge in [0.25, 0.3) is 0 Å². The molecule has 0 rings (SSSR count). The molecule has 0 aliphatic heterocycles. The number of hydrogen-bond acceptors (Lipinski definition) is 9. The number of rotatable bonds is 24. The molecule has 37 heavy (non-hydrogen) atoms. The summed E-state index contributed by atoms with van der Waals surface area (Å²) >= 11 is 0. The van der Waals surface area contributed by atoms with E-state index in [4.69, 9.17) is 0 Å². The summed E-state index contributed by atoms with van der Waals surface area (Å²) in [5.41, 5.74) is 0. The van der Waals surface area contributed by atoms with Crippen molar-refractivity contribution in [1.29, 1.82) is 0 Å². The van der Waals surface area contributed by atoms with E-state index in [-0.39, 0.29) is 17.1 Å². The third-order valence-electron chi connectivity index (χ3n) is 5.08. The molecule has 0 aromatic carbocycles. The maximum atomic E-state index is 9.95. The number of hydrogen-bond donors (Lipinski definition) is 0. The van der Waals surface area contributed by atoms with E-state index in [0.717, 1.165) is 38.5 Å². The molecule has 0 heterocycles. The fraction of sp³-hybridized carbons (Fsp3) is 1.00. The van der Waals surface area contributed by atoms with Crippen molar-refractivity contribution in [3.63, 3.8) is 0 Å². The Morgan fingerprint density at radius 1 is 0.405 bits per heavy atom. The molecule has 0 spiro atoms. The average molecular weight is 632 g/mol. The van der Waals surface area contributed by atoms with Gasteiger partial charge in [0.15, 0.2) is 0 Å². The molecule has 0 bridgehead atoms. The summed E-state index contributed by atoms with van der Waals surface area (Å²) in [6, 6.07) is 0. The molecule has 9 nitrogen and oxygen atoms in total. The van der Waals surface area contributed by atoms with Crippen LogP contribution in [0.4, 0.5) is 0 Å². The normalized spacial score (nSPS) is 11.4. The van der Waals surface area contributed by atoms with E-state index in [1.54, 1.807) is 0 Å². The van der Waals surface area contributed by atoms with Gasteiger partial charge in [-0.3, -0.25) is 0 Å². The van der Waals surface area contributed by atoms with Crippen LogP contribution in [0, 0.1) is 0 Å². The molecule has 0 fully saturated rings. The van der Waals surface area contributed by atoms with E-state index < -0.39 is 24.8 Å². The third kappa shape index (κ3) is 57.5. The Morgan fingerprint density at radius 3 is 0.784 bits per heavy atom. The quantitative estimate of drug-likeness (QED) is 0.0615. The second-order valence-electron chi connectivity index (χ2n) is 8.47. The van der Waals surface area contributed by atoms with Crippen molar-refractivity contribution in [2.24, 2.45) is 0 Å². The Bertz CT molecular complexity index is 424. The molecule has 3 atom stereocenters. The standard InChI is InChI=1S/3C8H17O3P.Fe/c3*1-2-3-4-5-6-7-8-11-12(9)10;/h3*2-8H2,1H3;/q;;;+3. The second-order valence-corrected chi connectivity index (χ2v) is 10.6. The largest absolute Gasteiger partial charge is 3.00 e. The molecule has 0 amide bonds. The zero-order valence-corrected chi connectivity index (χ0v) is 27.0. The van der Waals surface area contributed by atoms with Crippen LogP contribution < -0.4 is 14.7 Å². The van der Waals surface area contributed by atoms with Gasteiger partial charge in [-0.25, -0.2) is 0 Å². The summed E-state index contributed by atoms with van der Waals surface area (Å²) < 4.78 is 43.1. The maximum Gasteiger partial charge on any atom is 3.00 e. The summed E-state index contributed by atoms with van der Waals surface area (Å²) in [7, 11) is -7.88. The second kappa shape index (κ2) is 41.1. The van der Waals surface area contributed by atoms with Crippen LogP contribution >= 0.6 is 24.8 Å². The SMILES string of the molecule is CCCCCCCCO[P+](=O)[O-].CCCCCCCCO[P+](=O)[O-].CCCCCCCCO[P+](=O)[O-].[Fe+3]. The van der Waals surface area contributed by atoms with Crippen molar-refractivity contribution >= 4 is 24.8 Å². The van der Waals surface area contributed by atoms with Gasteiger partial charge < -0.3 is 14.7 Å². The van der Waals surface area contributed by atoms with E-state index in [0.29, 0.717) is 19.8 Å². The van der Waals surface area contributed by atoms with Crippen LogP contribution in [0.15, 0.2) is 0 Å². The van der Waals surface area contributed by atoms with Gasteiger partial charge in [0.05, 0.1) is 0 Å². The monoisotopic (exact) mass is 632 g/mol. The summed E-state index contributed by atoms with van der Waals surface area (Å²) in [5.74, 6) is 0. The Balaban J connectivity index is -0.000000218. The molecular formula is C24H51FeO9P3+3. The first kappa shape index (κ1) is 44.6. The minimum Gasteiger partial charge on any atom is -0.566 e. The molecular weight excluding hydrogens is 581 g/mol. The smallest absolute Gasteiger partial charge is 0.566 e. The molecule has 13 heteroatoms. The van der Waals surface area contributed by atoms with Crippen molar-refractivity contribution in [1.82, 2.24) is 0 Å². The van der Waals surface area contributed by atoms with Gasteiger partial charge in [0.2, 0.25) is 0 Å². The van der Waals surface area contributed by atoms with Crippen LogP contribution in [0.1, 0.15) is 136 Å².